The number of nitrogens with one attached hydrogen (secondary N) is 1. The van der Waals surface area contributed by atoms with Gasteiger partial charge in [0.1, 0.15) is 5.82 Å². The minimum Gasteiger partial charge on any atom is -0.392 e. The molecule has 0 spiro atoms. The SMILES string of the molecule is CC(O)CNc1nc(-c2cccnc2)nc2ccccc12. The first-order chi connectivity index (χ1) is 10.2. The van der Waals surface area contributed by atoms with Gasteiger partial charge in [-0.1, -0.05) is 12.1 Å². The van der Waals surface area contributed by atoms with Crippen LogP contribution in [0.1, 0.15) is 6.92 Å². The molecule has 5 heteroatoms. The van der Waals surface area contributed by atoms with Crippen molar-refractivity contribution >= 4 is 16.7 Å². The molecular weight excluding hydrogens is 264 g/mol. The molecule has 0 aliphatic carbocycles. The van der Waals surface area contributed by atoms with Crippen LogP contribution in [-0.2, 0) is 0 Å². The van der Waals surface area contributed by atoms with Gasteiger partial charge in [0, 0.05) is 29.9 Å². The van der Waals surface area contributed by atoms with Crippen LogP contribution in [0.25, 0.3) is 22.3 Å². The Kier molecular flexibility index (Phi) is 3.75. The van der Waals surface area contributed by atoms with Crippen LogP contribution in [0.4, 0.5) is 5.82 Å². The zero-order chi connectivity index (χ0) is 14.7. The van der Waals surface area contributed by atoms with E-state index in [9.17, 15) is 5.11 Å². The van der Waals surface area contributed by atoms with E-state index in [0.717, 1.165) is 22.3 Å². The number of hydrogen-bond acceptors (Lipinski definition) is 5. The van der Waals surface area contributed by atoms with E-state index in [0.29, 0.717) is 12.4 Å². The molecule has 0 aliphatic rings. The highest BCUT2D eigenvalue weighted by Crippen LogP contribution is 2.24. The third-order valence-electron chi connectivity index (χ3n) is 3.09. The molecule has 3 rings (SSSR count). The molecule has 2 heterocycles. The molecule has 0 saturated carbocycles. The maximum absolute atomic E-state index is 9.46. The first kappa shape index (κ1) is 13.5. The predicted octanol–water partition coefficient (Wildman–Crippen LogP) is 2.48. The maximum Gasteiger partial charge on any atom is 0.163 e. The fourth-order valence-corrected chi connectivity index (χ4v) is 2.08. The molecule has 1 atom stereocenters. The van der Waals surface area contributed by atoms with Crippen molar-refractivity contribution in [2.24, 2.45) is 0 Å². The molecule has 2 N–H and O–H groups in total. The van der Waals surface area contributed by atoms with Crippen molar-refractivity contribution in [3.8, 4) is 11.4 Å². The van der Waals surface area contributed by atoms with Crippen molar-refractivity contribution in [3.05, 3.63) is 48.8 Å². The quantitative estimate of drug-likeness (QED) is 0.768. The van der Waals surface area contributed by atoms with Crippen LogP contribution in [-0.4, -0.2) is 32.7 Å². The lowest BCUT2D eigenvalue weighted by Gasteiger charge is -2.12. The predicted molar refractivity (Wildman–Crippen MR) is 82.9 cm³/mol. The van der Waals surface area contributed by atoms with Crippen molar-refractivity contribution in [2.45, 2.75) is 13.0 Å². The zero-order valence-corrected chi connectivity index (χ0v) is 11.7. The Labute approximate surface area is 122 Å². The van der Waals surface area contributed by atoms with Gasteiger partial charge < -0.3 is 10.4 Å². The van der Waals surface area contributed by atoms with Crippen LogP contribution in [0.2, 0.25) is 0 Å². The van der Waals surface area contributed by atoms with Crippen LogP contribution < -0.4 is 5.32 Å². The van der Waals surface area contributed by atoms with Gasteiger partial charge in [0.15, 0.2) is 5.82 Å². The molecule has 0 fully saturated rings. The topological polar surface area (TPSA) is 70.9 Å². The largest absolute Gasteiger partial charge is 0.392 e. The van der Waals surface area contributed by atoms with Crippen LogP contribution in [0.15, 0.2) is 48.8 Å². The molecule has 0 saturated heterocycles. The van der Waals surface area contributed by atoms with Crippen molar-refractivity contribution < 1.29 is 5.11 Å². The second kappa shape index (κ2) is 5.85. The van der Waals surface area contributed by atoms with Gasteiger partial charge in [0.05, 0.1) is 11.6 Å². The van der Waals surface area contributed by atoms with Crippen molar-refractivity contribution in [1.82, 2.24) is 15.0 Å². The number of aromatic nitrogens is 3. The molecule has 21 heavy (non-hydrogen) atoms. The summed E-state index contributed by atoms with van der Waals surface area (Å²) in [5.74, 6) is 1.34. The number of nitrogens with zero attached hydrogens (tertiary/aromatic N) is 3. The lowest BCUT2D eigenvalue weighted by molar-refractivity contribution is 0.208. The summed E-state index contributed by atoms with van der Waals surface area (Å²) in [5.41, 5.74) is 1.72. The van der Waals surface area contributed by atoms with E-state index < -0.39 is 6.10 Å². The molecule has 106 valence electrons. The summed E-state index contributed by atoms with van der Waals surface area (Å²) in [6.07, 6.45) is 3.01. The molecular formula is C16H16N4O. The monoisotopic (exact) mass is 280 g/mol. The van der Waals surface area contributed by atoms with Gasteiger partial charge in [-0.05, 0) is 31.2 Å². The molecule has 5 nitrogen and oxygen atoms in total. The number of anilines is 1. The number of aliphatic hydroxyl groups excluding tert-OH is 1. The van der Waals surface area contributed by atoms with E-state index in [4.69, 9.17) is 0 Å². The standard InChI is InChI=1S/C16H16N4O/c1-11(21)9-18-16-13-6-2-3-7-14(13)19-15(20-16)12-5-4-8-17-10-12/h2-8,10-11,21H,9H2,1H3,(H,18,19,20). The van der Waals surface area contributed by atoms with Gasteiger partial charge in [-0.15, -0.1) is 0 Å². The second-order valence-corrected chi connectivity index (χ2v) is 4.88. The highest BCUT2D eigenvalue weighted by Gasteiger charge is 2.09. The zero-order valence-electron chi connectivity index (χ0n) is 11.7. The Hall–Kier alpha value is -2.53. The van der Waals surface area contributed by atoms with Crippen LogP contribution >= 0.6 is 0 Å². The molecule has 1 aromatic carbocycles. The minimum atomic E-state index is -0.444. The Morgan fingerprint density at radius 3 is 2.76 bits per heavy atom. The average molecular weight is 280 g/mol. The number of pyridine rings is 1. The smallest absolute Gasteiger partial charge is 0.163 e. The van der Waals surface area contributed by atoms with Crippen molar-refractivity contribution in [2.75, 3.05) is 11.9 Å². The molecule has 0 radical (unpaired) electrons. The van der Waals surface area contributed by atoms with E-state index in [-0.39, 0.29) is 0 Å². The normalized spacial score (nSPS) is 12.3. The van der Waals surface area contributed by atoms with E-state index in [2.05, 4.69) is 20.3 Å². The van der Waals surface area contributed by atoms with Gasteiger partial charge in [-0.3, -0.25) is 4.98 Å². The Balaban J connectivity index is 2.10. The fraction of sp³-hybridized carbons (Fsp3) is 0.188. The van der Waals surface area contributed by atoms with Gasteiger partial charge in [-0.2, -0.15) is 0 Å². The number of hydrogen-bond donors (Lipinski definition) is 2. The summed E-state index contributed by atoms with van der Waals surface area (Å²) < 4.78 is 0. The summed E-state index contributed by atoms with van der Waals surface area (Å²) >= 11 is 0. The lowest BCUT2D eigenvalue weighted by Crippen LogP contribution is -2.16. The average Bonchev–Trinajstić information content (AvgIpc) is 2.53. The van der Waals surface area contributed by atoms with E-state index in [1.165, 1.54) is 0 Å². The summed E-state index contributed by atoms with van der Waals surface area (Å²) in [4.78, 5) is 13.3. The Morgan fingerprint density at radius 1 is 1.14 bits per heavy atom. The number of rotatable bonds is 4. The highest BCUT2D eigenvalue weighted by molar-refractivity contribution is 5.90. The molecule has 1 unspecified atom stereocenters. The summed E-state index contributed by atoms with van der Waals surface area (Å²) in [6, 6.07) is 11.6. The van der Waals surface area contributed by atoms with Crippen LogP contribution in [0, 0.1) is 0 Å². The molecule has 2 aromatic heterocycles. The lowest BCUT2D eigenvalue weighted by atomic mass is 10.2. The minimum absolute atomic E-state index is 0.438. The molecule has 0 aliphatic heterocycles. The number of aliphatic hydroxyl groups is 1. The fourth-order valence-electron chi connectivity index (χ4n) is 2.08. The number of para-hydroxylation sites is 1. The van der Waals surface area contributed by atoms with Gasteiger partial charge in [0.2, 0.25) is 0 Å². The van der Waals surface area contributed by atoms with Gasteiger partial charge in [0.25, 0.3) is 0 Å². The van der Waals surface area contributed by atoms with E-state index >= 15 is 0 Å². The maximum atomic E-state index is 9.46. The number of benzene rings is 1. The Bertz CT molecular complexity index is 744. The molecule has 3 aromatic rings. The Morgan fingerprint density at radius 2 is 2.00 bits per heavy atom. The van der Waals surface area contributed by atoms with Crippen LogP contribution in [0.3, 0.4) is 0 Å². The van der Waals surface area contributed by atoms with Gasteiger partial charge >= 0.3 is 0 Å². The van der Waals surface area contributed by atoms with Gasteiger partial charge in [-0.25, -0.2) is 9.97 Å². The van der Waals surface area contributed by atoms with Crippen molar-refractivity contribution in [3.63, 3.8) is 0 Å². The van der Waals surface area contributed by atoms with Crippen LogP contribution in [0.5, 0.6) is 0 Å². The molecule has 0 bridgehead atoms. The van der Waals surface area contributed by atoms with E-state index in [1.807, 2.05) is 36.4 Å². The highest BCUT2D eigenvalue weighted by atomic mass is 16.3. The number of fused-ring (bicyclic) bond motifs is 1. The summed E-state index contributed by atoms with van der Waals surface area (Å²) in [6.45, 7) is 2.17. The summed E-state index contributed by atoms with van der Waals surface area (Å²) in [5, 5.41) is 13.6. The second-order valence-electron chi connectivity index (χ2n) is 4.88. The van der Waals surface area contributed by atoms with E-state index in [1.54, 1.807) is 19.3 Å². The molecule has 0 amide bonds. The first-order valence-corrected chi connectivity index (χ1v) is 6.83. The third-order valence-corrected chi connectivity index (χ3v) is 3.09. The third kappa shape index (κ3) is 2.98. The first-order valence-electron chi connectivity index (χ1n) is 6.83. The van der Waals surface area contributed by atoms with Crippen molar-refractivity contribution in [1.29, 1.82) is 0 Å². The summed E-state index contributed by atoms with van der Waals surface area (Å²) in [7, 11) is 0.